The third kappa shape index (κ3) is 4.65. The molecule has 0 radical (unpaired) electrons. The minimum Gasteiger partial charge on any atom is -0.493 e. The molecule has 158 valence electrons. The van der Waals surface area contributed by atoms with Gasteiger partial charge in [-0.1, -0.05) is 18.5 Å². The molecule has 0 saturated carbocycles. The van der Waals surface area contributed by atoms with Gasteiger partial charge in [-0.25, -0.2) is 14.8 Å². The molecule has 9 heteroatoms. The number of nitrogens with zero attached hydrogens (tertiary/aromatic N) is 3. The smallest absolute Gasteiger partial charge is 0.321 e. The molecule has 2 aromatic carbocycles. The van der Waals surface area contributed by atoms with Crippen LogP contribution >= 0.6 is 11.6 Å². The van der Waals surface area contributed by atoms with Crippen LogP contribution in [0, 0.1) is 0 Å². The SMILES string of the molecule is CCCN(C)C(=O)Nc1ccc(Oc2ncnc3cc(OC)c(OC)cc23)cc1Cl. The number of fused-ring (bicyclic) bond motifs is 1. The number of urea groups is 1. The molecule has 2 amide bonds. The van der Waals surface area contributed by atoms with E-state index in [2.05, 4.69) is 15.3 Å². The summed E-state index contributed by atoms with van der Waals surface area (Å²) in [5.74, 6) is 1.91. The van der Waals surface area contributed by atoms with Crippen molar-refractivity contribution in [2.75, 3.05) is 33.1 Å². The molecule has 0 unspecified atom stereocenters. The summed E-state index contributed by atoms with van der Waals surface area (Å²) < 4.78 is 16.6. The molecule has 8 nitrogen and oxygen atoms in total. The lowest BCUT2D eigenvalue weighted by Crippen LogP contribution is -2.31. The first-order chi connectivity index (χ1) is 14.5. The Morgan fingerprint density at radius 2 is 1.87 bits per heavy atom. The Morgan fingerprint density at radius 3 is 2.53 bits per heavy atom. The van der Waals surface area contributed by atoms with Gasteiger partial charge in [0, 0.05) is 25.7 Å². The van der Waals surface area contributed by atoms with Gasteiger partial charge in [-0.3, -0.25) is 0 Å². The van der Waals surface area contributed by atoms with E-state index in [1.54, 1.807) is 56.5 Å². The number of carbonyl (C=O) groups excluding carboxylic acids is 1. The van der Waals surface area contributed by atoms with Gasteiger partial charge in [0.1, 0.15) is 12.1 Å². The highest BCUT2D eigenvalue weighted by molar-refractivity contribution is 6.33. The third-order valence-electron chi connectivity index (χ3n) is 4.41. The number of amides is 2. The number of benzene rings is 2. The largest absolute Gasteiger partial charge is 0.493 e. The van der Waals surface area contributed by atoms with Crippen LogP contribution in [0.15, 0.2) is 36.7 Å². The number of nitrogens with one attached hydrogen (secondary N) is 1. The zero-order valence-electron chi connectivity index (χ0n) is 17.2. The number of carbonyl (C=O) groups is 1. The lowest BCUT2D eigenvalue weighted by molar-refractivity contribution is 0.222. The van der Waals surface area contributed by atoms with E-state index in [1.165, 1.54) is 6.33 Å². The molecule has 0 aliphatic rings. The molecular formula is C21H23ClN4O4. The van der Waals surface area contributed by atoms with Crippen molar-refractivity contribution < 1.29 is 19.0 Å². The van der Waals surface area contributed by atoms with Crippen LogP contribution in [0.5, 0.6) is 23.1 Å². The molecule has 0 aliphatic carbocycles. The van der Waals surface area contributed by atoms with Crippen LogP contribution < -0.4 is 19.5 Å². The minimum absolute atomic E-state index is 0.227. The zero-order valence-corrected chi connectivity index (χ0v) is 18.0. The van der Waals surface area contributed by atoms with Crippen LogP contribution in [-0.4, -0.2) is 48.7 Å². The zero-order chi connectivity index (χ0) is 21.7. The van der Waals surface area contributed by atoms with Crippen LogP contribution in [-0.2, 0) is 0 Å². The second kappa shape index (κ2) is 9.49. The van der Waals surface area contributed by atoms with Gasteiger partial charge in [0.2, 0.25) is 5.88 Å². The van der Waals surface area contributed by atoms with Crippen molar-refractivity contribution in [1.82, 2.24) is 14.9 Å². The van der Waals surface area contributed by atoms with E-state index >= 15 is 0 Å². The third-order valence-corrected chi connectivity index (χ3v) is 4.72. The van der Waals surface area contributed by atoms with E-state index in [-0.39, 0.29) is 6.03 Å². The summed E-state index contributed by atoms with van der Waals surface area (Å²) in [6, 6.07) is 8.28. The normalized spacial score (nSPS) is 10.6. The summed E-state index contributed by atoms with van der Waals surface area (Å²) in [4.78, 5) is 22.3. The first-order valence-corrected chi connectivity index (χ1v) is 9.70. The predicted molar refractivity (Wildman–Crippen MR) is 116 cm³/mol. The lowest BCUT2D eigenvalue weighted by atomic mass is 10.2. The summed E-state index contributed by atoms with van der Waals surface area (Å²) in [6.07, 6.45) is 2.28. The maximum absolute atomic E-state index is 12.2. The molecule has 0 atom stereocenters. The molecule has 3 aromatic rings. The monoisotopic (exact) mass is 430 g/mol. The summed E-state index contributed by atoms with van der Waals surface area (Å²) >= 11 is 6.34. The number of hydrogen-bond acceptors (Lipinski definition) is 6. The fourth-order valence-corrected chi connectivity index (χ4v) is 3.08. The van der Waals surface area contributed by atoms with Crippen molar-refractivity contribution in [2.45, 2.75) is 13.3 Å². The van der Waals surface area contributed by atoms with E-state index in [1.807, 2.05) is 6.92 Å². The van der Waals surface area contributed by atoms with Gasteiger partial charge in [-0.2, -0.15) is 0 Å². The lowest BCUT2D eigenvalue weighted by Gasteiger charge is -2.18. The Labute approximate surface area is 179 Å². The van der Waals surface area contributed by atoms with E-state index in [0.29, 0.717) is 51.3 Å². The van der Waals surface area contributed by atoms with Gasteiger partial charge in [0.15, 0.2) is 11.5 Å². The van der Waals surface area contributed by atoms with E-state index in [0.717, 1.165) is 6.42 Å². The Bertz CT molecular complexity index is 1060. The van der Waals surface area contributed by atoms with Gasteiger partial charge in [0.25, 0.3) is 0 Å². The number of methoxy groups -OCH3 is 2. The fraction of sp³-hybridized carbons (Fsp3) is 0.286. The number of anilines is 1. The molecular weight excluding hydrogens is 408 g/mol. The number of hydrogen-bond donors (Lipinski definition) is 1. The van der Waals surface area contributed by atoms with E-state index in [4.69, 9.17) is 25.8 Å². The summed E-state index contributed by atoms with van der Waals surface area (Å²) in [5, 5.41) is 3.79. The van der Waals surface area contributed by atoms with Gasteiger partial charge >= 0.3 is 6.03 Å². The maximum Gasteiger partial charge on any atom is 0.321 e. The molecule has 1 heterocycles. The molecule has 0 aliphatic heterocycles. The highest BCUT2D eigenvalue weighted by atomic mass is 35.5. The second-order valence-electron chi connectivity index (χ2n) is 6.50. The molecule has 0 saturated heterocycles. The Kier molecular flexibility index (Phi) is 6.79. The average molecular weight is 431 g/mol. The van der Waals surface area contributed by atoms with Crippen molar-refractivity contribution >= 4 is 34.2 Å². The summed E-state index contributed by atoms with van der Waals surface area (Å²) in [5.41, 5.74) is 1.14. The first kappa shape index (κ1) is 21.4. The Hall–Kier alpha value is -3.26. The van der Waals surface area contributed by atoms with E-state index < -0.39 is 0 Å². The van der Waals surface area contributed by atoms with Crippen LogP contribution in [0.25, 0.3) is 10.9 Å². The van der Waals surface area contributed by atoms with Crippen LogP contribution in [0.4, 0.5) is 10.5 Å². The Morgan fingerprint density at radius 1 is 1.13 bits per heavy atom. The van der Waals surface area contributed by atoms with Gasteiger partial charge < -0.3 is 24.4 Å². The predicted octanol–water partition coefficient (Wildman–Crippen LogP) is 4.97. The van der Waals surface area contributed by atoms with Crippen LogP contribution in [0.2, 0.25) is 5.02 Å². The molecule has 30 heavy (non-hydrogen) atoms. The van der Waals surface area contributed by atoms with Crippen molar-refractivity contribution in [2.24, 2.45) is 0 Å². The highest BCUT2D eigenvalue weighted by Gasteiger charge is 2.14. The van der Waals surface area contributed by atoms with Crippen molar-refractivity contribution in [3.05, 3.63) is 41.7 Å². The van der Waals surface area contributed by atoms with Crippen molar-refractivity contribution in [3.8, 4) is 23.1 Å². The molecule has 1 aromatic heterocycles. The number of ether oxygens (including phenoxy) is 3. The quantitative estimate of drug-likeness (QED) is 0.569. The van der Waals surface area contributed by atoms with Crippen molar-refractivity contribution in [1.29, 1.82) is 0 Å². The first-order valence-electron chi connectivity index (χ1n) is 9.33. The van der Waals surface area contributed by atoms with Crippen LogP contribution in [0.1, 0.15) is 13.3 Å². The number of rotatable bonds is 7. The van der Waals surface area contributed by atoms with Crippen molar-refractivity contribution in [3.63, 3.8) is 0 Å². The minimum atomic E-state index is -0.227. The van der Waals surface area contributed by atoms with Gasteiger partial charge in [-0.15, -0.1) is 0 Å². The molecule has 0 spiro atoms. The second-order valence-corrected chi connectivity index (χ2v) is 6.91. The molecule has 3 rings (SSSR count). The Balaban J connectivity index is 1.85. The highest BCUT2D eigenvalue weighted by Crippen LogP contribution is 2.36. The molecule has 0 fully saturated rings. The van der Waals surface area contributed by atoms with E-state index in [9.17, 15) is 4.79 Å². The molecule has 1 N–H and O–H groups in total. The topological polar surface area (TPSA) is 85.8 Å². The summed E-state index contributed by atoms with van der Waals surface area (Å²) in [7, 11) is 4.84. The maximum atomic E-state index is 12.2. The average Bonchev–Trinajstić information content (AvgIpc) is 2.75. The fourth-order valence-electron chi connectivity index (χ4n) is 2.86. The van der Waals surface area contributed by atoms with Crippen LogP contribution in [0.3, 0.4) is 0 Å². The number of aromatic nitrogens is 2. The standard InChI is InChI=1S/C21H23ClN4O4/c1-5-8-26(2)21(27)25-16-7-6-13(9-15(16)22)30-20-14-10-18(28-3)19(29-4)11-17(14)23-12-24-20/h6-7,9-12H,5,8H2,1-4H3,(H,25,27). The number of halogens is 1. The van der Waals surface area contributed by atoms with Gasteiger partial charge in [-0.05, 0) is 24.6 Å². The van der Waals surface area contributed by atoms with Gasteiger partial charge in [0.05, 0.1) is 35.8 Å². The summed E-state index contributed by atoms with van der Waals surface area (Å²) in [6.45, 7) is 2.66. The molecule has 0 bridgehead atoms.